The first kappa shape index (κ1) is 17.4. The first-order valence-electron chi connectivity index (χ1n) is 9.81. The highest BCUT2D eigenvalue weighted by atomic mass is 16.5. The normalized spacial score (nSPS) is 26.7. The predicted molar refractivity (Wildman–Crippen MR) is 107 cm³/mol. The second-order valence-corrected chi connectivity index (χ2v) is 8.28. The van der Waals surface area contributed by atoms with Crippen LogP contribution in [-0.4, -0.2) is 52.3 Å². The maximum Gasteiger partial charge on any atom is 0.204 e. The summed E-state index contributed by atoms with van der Waals surface area (Å²) >= 11 is 0. The summed E-state index contributed by atoms with van der Waals surface area (Å²) in [5, 5.41) is 14.6. The lowest BCUT2D eigenvalue weighted by Crippen LogP contribution is -2.56. The largest absolute Gasteiger partial charge is 0.497 e. The second kappa shape index (κ2) is 6.41. The minimum atomic E-state index is 0.0647. The van der Waals surface area contributed by atoms with Gasteiger partial charge in [-0.2, -0.15) is 5.21 Å². The van der Waals surface area contributed by atoms with E-state index in [1.54, 1.807) is 7.11 Å². The van der Waals surface area contributed by atoms with Crippen LogP contribution in [0.3, 0.4) is 0 Å². The molecule has 1 aromatic heterocycles. The van der Waals surface area contributed by atoms with E-state index in [0.717, 1.165) is 30.7 Å². The summed E-state index contributed by atoms with van der Waals surface area (Å²) in [4.78, 5) is 2.53. The molecule has 1 unspecified atom stereocenters. The summed E-state index contributed by atoms with van der Waals surface area (Å²) in [6.07, 6.45) is 2.18. The molecule has 0 spiro atoms. The van der Waals surface area contributed by atoms with Crippen molar-refractivity contribution in [2.45, 2.75) is 37.1 Å². The molecule has 144 valence electrons. The fourth-order valence-electron chi connectivity index (χ4n) is 5.35. The molecule has 1 aliphatic carbocycles. The van der Waals surface area contributed by atoms with E-state index in [0.29, 0.717) is 17.8 Å². The SMILES string of the molecule is COc1ccc2c(c1)[C@]1(C)CCN(C)C(C2)[C@@H]1c1cccc(-c2nn[nH]n2)c1. The highest BCUT2D eigenvalue weighted by molar-refractivity contribution is 5.57. The molecule has 6 heteroatoms. The van der Waals surface area contributed by atoms with E-state index in [1.807, 2.05) is 0 Å². The Hall–Kier alpha value is -2.73. The van der Waals surface area contributed by atoms with Gasteiger partial charge in [0.05, 0.1) is 7.11 Å². The summed E-state index contributed by atoms with van der Waals surface area (Å²) in [6.45, 7) is 3.54. The number of hydrogen-bond donors (Lipinski definition) is 1. The molecule has 3 atom stereocenters. The molecule has 3 aromatic rings. The number of fused-ring (bicyclic) bond motifs is 4. The number of tetrazole rings is 1. The van der Waals surface area contributed by atoms with Gasteiger partial charge in [-0.1, -0.05) is 31.2 Å². The first-order valence-corrected chi connectivity index (χ1v) is 9.81. The first-order chi connectivity index (χ1) is 13.6. The van der Waals surface area contributed by atoms with Gasteiger partial charge in [0.25, 0.3) is 0 Å². The molecular weight excluding hydrogens is 350 g/mol. The number of nitrogens with zero attached hydrogens (tertiary/aromatic N) is 4. The number of piperidine rings is 1. The molecule has 0 saturated carbocycles. The van der Waals surface area contributed by atoms with Crippen LogP contribution in [0.25, 0.3) is 11.4 Å². The van der Waals surface area contributed by atoms with Crippen LogP contribution >= 0.6 is 0 Å². The van der Waals surface area contributed by atoms with Crippen molar-refractivity contribution in [1.82, 2.24) is 25.5 Å². The Morgan fingerprint density at radius 2 is 2.11 bits per heavy atom. The van der Waals surface area contributed by atoms with Crippen molar-refractivity contribution in [3.63, 3.8) is 0 Å². The molecule has 6 nitrogen and oxygen atoms in total. The third kappa shape index (κ3) is 2.55. The number of likely N-dealkylation sites (tertiary alicyclic amines) is 1. The van der Waals surface area contributed by atoms with E-state index in [9.17, 15) is 0 Å². The van der Waals surface area contributed by atoms with Gasteiger partial charge < -0.3 is 9.64 Å². The van der Waals surface area contributed by atoms with Gasteiger partial charge in [0.15, 0.2) is 0 Å². The van der Waals surface area contributed by atoms with E-state index < -0.39 is 0 Å². The molecule has 0 amide bonds. The Labute approximate surface area is 164 Å². The maximum atomic E-state index is 5.56. The summed E-state index contributed by atoms with van der Waals surface area (Å²) in [6, 6.07) is 15.7. The van der Waals surface area contributed by atoms with Gasteiger partial charge in [-0.3, -0.25) is 0 Å². The van der Waals surface area contributed by atoms with Crippen LogP contribution < -0.4 is 4.74 Å². The number of ether oxygens (including phenoxy) is 1. The monoisotopic (exact) mass is 375 g/mol. The molecule has 1 fully saturated rings. The van der Waals surface area contributed by atoms with Gasteiger partial charge in [-0.15, -0.1) is 10.2 Å². The maximum absolute atomic E-state index is 5.56. The average molecular weight is 375 g/mol. The van der Waals surface area contributed by atoms with Crippen molar-refractivity contribution in [3.8, 4) is 17.1 Å². The fourth-order valence-corrected chi connectivity index (χ4v) is 5.35. The Bertz CT molecular complexity index is 1000. The highest BCUT2D eigenvalue weighted by Crippen LogP contribution is 2.53. The van der Waals surface area contributed by atoms with Gasteiger partial charge in [-0.25, -0.2) is 0 Å². The minimum absolute atomic E-state index is 0.0647. The average Bonchev–Trinajstić information content (AvgIpc) is 3.26. The van der Waals surface area contributed by atoms with Crippen LogP contribution in [0.15, 0.2) is 42.5 Å². The van der Waals surface area contributed by atoms with Crippen molar-refractivity contribution in [2.75, 3.05) is 20.7 Å². The Balaban J connectivity index is 1.65. The molecule has 0 radical (unpaired) electrons. The lowest BCUT2D eigenvalue weighted by Gasteiger charge is -2.55. The number of hydrogen-bond acceptors (Lipinski definition) is 5. The minimum Gasteiger partial charge on any atom is -0.497 e. The van der Waals surface area contributed by atoms with Gasteiger partial charge in [0, 0.05) is 22.9 Å². The fraction of sp³-hybridized carbons (Fsp3) is 0.409. The molecule has 2 bridgehead atoms. The molecule has 28 heavy (non-hydrogen) atoms. The smallest absolute Gasteiger partial charge is 0.204 e. The second-order valence-electron chi connectivity index (χ2n) is 8.28. The van der Waals surface area contributed by atoms with Crippen LogP contribution in [0.4, 0.5) is 0 Å². The van der Waals surface area contributed by atoms with Crippen molar-refractivity contribution in [1.29, 1.82) is 0 Å². The number of likely N-dealkylation sites (N-methyl/N-ethyl adjacent to an activating group) is 1. The van der Waals surface area contributed by atoms with Gasteiger partial charge >= 0.3 is 0 Å². The van der Waals surface area contributed by atoms with Crippen LogP contribution in [0.2, 0.25) is 0 Å². The highest BCUT2D eigenvalue weighted by Gasteiger charge is 2.50. The summed E-state index contributed by atoms with van der Waals surface area (Å²) in [5.41, 5.74) is 5.30. The molecule has 2 aliphatic rings. The molecule has 1 saturated heterocycles. The van der Waals surface area contributed by atoms with Crippen molar-refractivity contribution < 1.29 is 4.74 Å². The van der Waals surface area contributed by atoms with Crippen LogP contribution in [0.5, 0.6) is 5.75 Å². The zero-order chi connectivity index (χ0) is 19.3. The Morgan fingerprint density at radius 3 is 2.89 bits per heavy atom. The lowest BCUT2D eigenvalue weighted by atomic mass is 9.56. The molecule has 5 rings (SSSR count). The van der Waals surface area contributed by atoms with Crippen molar-refractivity contribution in [3.05, 3.63) is 59.2 Å². The van der Waals surface area contributed by atoms with E-state index >= 15 is 0 Å². The molecule has 1 aliphatic heterocycles. The summed E-state index contributed by atoms with van der Waals surface area (Å²) in [5.74, 6) is 1.98. The molecular formula is C22H25N5O. The third-order valence-electron chi connectivity index (χ3n) is 6.83. The van der Waals surface area contributed by atoms with Gasteiger partial charge in [-0.05, 0) is 66.5 Å². The number of nitrogens with one attached hydrogen (secondary N) is 1. The van der Waals surface area contributed by atoms with Gasteiger partial charge in [0.2, 0.25) is 5.82 Å². The molecule has 1 N–H and O–H groups in total. The number of benzene rings is 2. The van der Waals surface area contributed by atoms with Crippen molar-refractivity contribution in [2.24, 2.45) is 0 Å². The number of rotatable bonds is 3. The number of aromatic amines is 1. The topological polar surface area (TPSA) is 66.9 Å². The van der Waals surface area contributed by atoms with Crippen LogP contribution in [0, 0.1) is 0 Å². The predicted octanol–water partition coefficient (Wildman–Crippen LogP) is 3.18. The van der Waals surface area contributed by atoms with Crippen LogP contribution in [0.1, 0.15) is 36.0 Å². The van der Waals surface area contributed by atoms with Crippen molar-refractivity contribution >= 4 is 0 Å². The zero-order valence-corrected chi connectivity index (χ0v) is 16.5. The quantitative estimate of drug-likeness (QED) is 0.762. The lowest BCUT2D eigenvalue weighted by molar-refractivity contribution is 0.0830. The number of H-pyrrole nitrogens is 1. The van der Waals surface area contributed by atoms with E-state index in [1.165, 1.54) is 16.7 Å². The molecule has 2 heterocycles. The Kier molecular flexibility index (Phi) is 3.98. The van der Waals surface area contributed by atoms with E-state index in [2.05, 4.69) is 82.0 Å². The number of aromatic nitrogens is 4. The standard InChI is InChI=1S/C22H25N5O/c1-22-9-10-27(2)19(12-14-7-8-17(28-3)13-18(14)22)20(22)15-5-4-6-16(11-15)21-23-25-26-24-21/h4-8,11,13,19-20H,9-10,12H2,1-3H3,(H,23,24,25,26)/t19?,20-,22-/m0/s1. The summed E-state index contributed by atoms with van der Waals surface area (Å²) in [7, 11) is 4.00. The molecule has 2 aromatic carbocycles. The van der Waals surface area contributed by atoms with E-state index in [4.69, 9.17) is 4.74 Å². The number of methoxy groups -OCH3 is 1. The third-order valence-corrected chi connectivity index (χ3v) is 6.83. The van der Waals surface area contributed by atoms with Gasteiger partial charge in [0.1, 0.15) is 5.75 Å². The Morgan fingerprint density at radius 1 is 1.21 bits per heavy atom. The van der Waals surface area contributed by atoms with Crippen LogP contribution in [-0.2, 0) is 11.8 Å². The zero-order valence-electron chi connectivity index (χ0n) is 16.5. The van der Waals surface area contributed by atoms with E-state index in [-0.39, 0.29) is 5.41 Å². The summed E-state index contributed by atoms with van der Waals surface area (Å²) < 4.78 is 5.56.